The van der Waals surface area contributed by atoms with Gasteiger partial charge in [0.05, 0.1) is 6.20 Å². The molecule has 1 aromatic heterocycles. The van der Waals surface area contributed by atoms with Gasteiger partial charge in [0.1, 0.15) is 11.5 Å². The fourth-order valence-electron chi connectivity index (χ4n) is 1.01. The van der Waals surface area contributed by atoms with E-state index in [0.29, 0.717) is 13.0 Å². The Bertz CT molecular complexity index is 324. The highest BCUT2D eigenvalue weighted by molar-refractivity contribution is 5.92. The average Bonchev–Trinajstić information content (AvgIpc) is 2.18. The minimum absolute atomic E-state index is 0.0477. The van der Waals surface area contributed by atoms with Crippen molar-refractivity contribution in [3.63, 3.8) is 0 Å². The summed E-state index contributed by atoms with van der Waals surface area (Å²) in [5.74, 6) is -0.766. The van der Waals surface area contributed by atoms with Crippen molar-refractivity contribution in [2.24, 2.45) is 5.73 Å². The van der Waals surface area contributed by atoms with Crippen molar-refractivity contribution in [1.29, 1.82) is 0 Å². The summed E-state index contributed by atoms with van der Waals surface area (Å²) in [6.45, 7) is 2.36. The van der Waals surface area contributed by atoms with Crippen LogP contribution < -0.4 is 11.1 Å². The van der Waals surface area contributed by atoms with E-state index in [4.69, 9.17) is 5.73 Å². The Kier molecular flexibility index (Phi) is 4.17. The minimum atomic E-state index is -0.456. The summed E-state index contributed by atoms with van der Waals surface area (Å²) in [6, 6.07) is 2.59. The monoisotopic (exact) mass is 211 g/mol. The first-order chi connectivity index (χ1) is 7.09. The van der Waals surface area contributed by atoms with Crippen LogP contribution in [0.2, 0.25) is 0 Å². The lowest BCUT2D eigenvalue weighted by Crippen LogP contribution is -2.29. The number of carbonyl (C=O) groups excluding carboxylic acids is 1. The van der Waals surface area contributed by atoms with E-state index in [1.54, 1.807) is 0 Å². The van der Waals surface area contributed by atoms with E-state index in [1.807, 2.05) is 6.92 Å². The molecule has 0 saturated carbocycles. The highest BCUT2D eigenvalue weighted by Gasteiger charge is 2.06. The van der Waals surface area contributed by atoms with Crippen molar-refractivity contribution >= 4 is 5.91 Å². The summed E-state index contributed by atoms with van der Waals surface area (Å²) in [5.41, 5.74) is 5.73. The zero-order chi connectivity index (χ0) is 11.3. The third kappa shape index (κ3) is 4.03. The molecular formula is C10H14FN3O. The SMILES string of the molecule is CC(N)CCNC(=O)c1ccc(F)cn1. The number of pyridine rings is 1. The Morgan fingerprint density at radius 2 is 2.40 bits per heavy atom. The zero-order valence-electron chi connectivity index (χ0n) is 8.53. The van der Waals surface area contributed by atoms with Gasteiger partial charge in [-0.2, -0.15) is 0 Å². The maximum absolute atomic E-state index is 12.5. The molecule has 4 nitrogen and oxygen atoms in total. The largest absolute Gasteiger partial charge is 0.351 e. The van der Waals surface area contributed by atoms with Gasteiger partial charge in [-0.15, -0.1) is 0 Å². The van der Waals surface area contributed by atoms with Crippen LogP contribution in [0.3, 0.4) is 0 Å². The first-order valence-electron chi connectivity index (χ1n) is 4.75. The van der Waals surface area contributed by atoms with Crippen molar-refractivity contribution in [3.8, 4) is 0 Å². The highest BCUT2D eigenvalue weighted by atomic mass is 19.1. The highest BCUT2D eigenvalue weighted by Crippen LogP contribution is 1.97. The van der Waals surface area contributed by atoms with Crippen LogP contribution in [0.1, 0.15) is 23.8 Å². The van der Waals surface area contributed by atoms with Crippen LogP contribution in [0.15, 0.2) is 18.3 Å². The van der Waals surface area contributed by atoms with E-state index >= 15 is 0 Å². The number of nitrogens with two attached hydrogens (primary N) is 1. The van der Waals surface area contributed by atoms with Gasteiger partial charge < -0.3 is 11.1 Å². The van der Waals surface area contributed by atoms with Crippen LogP contribution in [0.25, 0.3) is 0 Å². The standard InChI is InChI=1S/C10H14FN3O/c1-7(12)4-5-13-10(15)9-3-2-8(11)6-14-9/h2-3,6-7H,4-5,12H2,1H3,(H,13,15). The second-order valence-corrected chi connectivity index (χ2v) is 3.38. The van der Waals surface area contributed by atoms with Crippen LogP contribution in [0.5, 0.6) is 0 Å². The summed E-state index contributed by atoms with van der Waals surface area (Å²) >= 11 is 0. The van der Waals surface area contributed by atoms with Crippen molar-refractivity contribution in [2.45, 2.75) is 19.4 Å². The van der Waals surface area contributed by atoms with Gasteiger partial charge in [-0.05, 0) is 25.5 Å². The molecule has 15 heavy (non-hydrogen) atoms. The number of halogens is 1. The molecule has 82 valence electrons. The molecule has 1 aromatic rings. The second-order valence-electron chi connectivity index (χ2n) is 3.38. The summed E-state index contributed by atoms with van der Waals surface area (Å²) in [5, 5.41) is 2.65. The van der Waals surface area contributed by atoms with E-state index in [-0.39, 0.29) is 17.6 Å². The molecule has 0 aliphatic heterocycles. The Morgan fingerprint density at radius 1 is 1.67 bits per heavy atom. The lowest BCUT2D eigenvalue weighted by Gasteiger charge is -2.06. The van der Waals surface area contributed by atoms with Crippen LogP contribution in [0.4, 0.5) is 4.39 Å². The van der Waals surface area contributed by atoms with E-state index in [9.17, 15) is 9.18 Å². The van der Waals surface area contributed by atoms with Crippen LogP contribution in [0, 0.1) is 5.82 Å². The van der Waals surface area contributed by atoms with Gasteiger partial charge in [-0.3, -0.25) is 4.79 Å². The fraction of sp³-hybridized carbons (Fsp3) is 0.400. The van der Waals surface area contributed by atoms with Crippen molar-refractivity contribution in [1.82, 2.24) is 10.3 Å². The zero-order valence-corrected chi connectivity index (χ0v) is 8.53. The molecule has 1 heterocycles. The molecule has 0 aliphatic carbocycles. The molecule has 0 spiro atoms. The Hall–Kier alpha value is -1.49. The van der Waals surface area contributed by atoms with Crippen LogP contribution in [-0.4, -0.2) is 23.5 Å². The number of aromatic nitrogens is 1. The van der Waals surface area contributed by atoms with Gasteiger partial charge in [0.2, 0.25) is 0 Å². The van der Waals surface area contributed by atoms with Gasteiger partial charge in [0.15, 0.2) is 0 Å². The number of nitrogens with zero attached hydrogens (tertiary/aromatic N) is 1. The van der Waals surface area contributed by atoms with E-state index in [0.717, 1.165) is 6.20 Å². The van der Waals surface area contributed by atoms with E-state index in [1.165, 1.54) is 12.1 Å². The third-order valence-electron chi connectivity index (χ3n) is 1.85. The number of amides is 1. The topological polar surface area (TPSA) is 68.0 Å². The third-order valence-corrected chi connectivity index (χ3v) is 1.85. The number of rotatable bonds is 4. The molecule has 0 aromatic carbocycles. The summed E-state index contributed by atoms with van der Waals surface area (Å²) in [6.07, 6.45) is 1.72. The van der Waals surface area contributed by atoms with Crippen molar-refractivity contribution in [2.75, 3.05) is 6.54 Å². The number of hydrogen-bond donors (Lipinski definition) is 2. The quantitative estimate of drug-likeness (QED) is 0.769. The first-order valence-corrected chi connectivity index (χ1v) is 4.75. The van der Waals surface area contributed by atoms with Crippen molar-refractivity contribution < 1.29 is 9.18 Å². The molecule has 5 heteroatoms. The molecule has 0 fully saturated rings. The Morgan fingerprint density at radius 3 is 2.93 bits per heavy atom. The molecule has 0 aliphatic rings. The minimum Gasteiger partial charge on any atom is -0.351 e. The predicted molar refractivity (Wildman–Crippen MR) is 54.8 cm³/mol. The summed E-state index contributed by atoms with van der Waals surface area (Å²) in [7, 11) is 0. The van der Waals surface area contributed by atoms with Gasteiger partial charge >= 0.3 is 0 Å². The maximum atomic E-state index is 12.5. The second kappa shape index (κ2) is 5.41. The van der Waals surface area contributed by atoms with Crippen LogP contribution >= 0.6 is 0 Å². The van der Waals surface area contributed by atoms with Crippen LogP contribution in [-0.2, 0) is 0 Å². The van der Waals surface area contributed by atoms with Gasteiger partial charge in [0, 0.05) is 12.6 Å². The molecule has 1 unspecified atom stereocenters. The molecule has 0 saturated heterocycles. The summed E-state index contributed by atoms with van der Waals surface area (Å²) < 4.78 is 12.5. The van der Waals surface area contributed by atoms with E-state index in [2.05, 4.69) is 10.3 Å². The molecule has 0 radical (unpaired) electrons. The van der Waals surface area contributed by atoms with Gasteiger partial charge in [-0.1, -0.05) is 0 Å². The molecular weight excluding hydrogens is 197 g/mol. The van der Waals surface area contributed by atoms with Gasteiger partial charge in [-0.25, -0.2) is 9.37 Å². The lowest BCUT2D eigenvalue weighted by atomic mass is 10.2. The molecule has 1 amide bonds. The summed E-state index contributed by atoms with van der Waals surface area (Å²) in [4.78, 5) is 15.1. The molecule has 1 rings (SSSR count). The normalized spacial score (nSPS) is 12.2. The smallest absolute Gasteiger partial charge is 0.269 e. The maximum Gasteiger partial charge on any atom is 0.269 e. The number of nitrogens with one attached hydrogen (secondary N) is 1. The van der Waals surface area contributed by atoms with E-state index < -0.39 is 5.82 Å². The molecule has 0 bridgehead atoms. The predicted octanol–water partition coefficient (Wildman–Crippen LogP) is 0.688. The average molecular weight is 211 g/mol. The molecule has 3 N–H and O–H groups in total. The number of carbonyl (C=O) groups is 1. The van der Waals surface area contributed by atoms with Crippen molar-refractivity contribution in [3.05, 3.63) is 29.8 Å². The Balaban J connectivity index is 2.43. The first kappa shape index (κ1) is 11.6. The Labute approximate surface area is 87.7 Å². The lowest BCUT2D eigenvalue weighted by molar-refractivity contribution is 0.0947. The fourth-order valence-corrected chi connectivity index (χ4v) is 1.01. The number of hydrogen-bond acceptors (Lipinski definition) is 3. The molecule has 1 atom stereocenters. The van der Waals surface area contributed by atoms with Gasteiger partial charge in [0.25, 0.3) is 5.91 Å².